The Morgan fingerprint density at radius 2 is 2.25 bits per heavy atom. The number of thiophene rings is 1. The minimum absolute atomic E-state index is 0.0246. The van der Waals surface area contributed by atoms with Gasteiger partial charge in [-0.05, 0) is 49.6 Å². The molecule has 2 aromatic rings. The standard InChI is InChI=1S/C16H18N2OS/c1-11-7-8-12(20-11)10-18-16(19)14-4-2-6-15-13(14)5-3-9-17-15/h2,4,6-8,17H,3,5,9-10H2,1H3,(H,18,19). The van der Waals surface area contributed by atoms with Gasteiger partial charge in [0.15, 0.2) is 0 Å². The Balaban J connectivity index is 1.74. The minimum Gasteiger partial charge on any atom is -0.385 e. The van der Waals surface area contributed by atoms with Gasteiger partial charge in [0, 0.05) is 27.5 Å². The van der Waals surface area contributed by atoms with E-state index in [9.17, 15) is 4.79 Å². The maximum absolute atomic E-state index is 12.4. The molecule has 0 unspecified atom stereocenters. The van der Waals surface area contributed by atoms with Crippen LogP contribution in [0.25, 0.3) is 0 Å². The molecule has 0 radical (unpaired) electrons. The number of fused-ring (bicyclic) bond motifs is 1. The van der Waals surface area contributed by atoms with Crippen LogP contribution in [0.4, 0.5) is 5.69 Å². The Hall–Kier alpha value is -1.81. The predicted octanol–water partition coefficient (Wildman–Crippen LogP) is 3.34. The molecule has 0 fully saturated rings. The number of hydrogen-bond acceptors (Lipinski definition) is 3. The Labute approximate surface area is 123 Å². The zero-order valence-electron chi connectivity index (χ0n) is 11.5. The average molecular weight is 286 g/mol. The largest absolute Gasteiger partial charge is 0.385 e. The summed E-state index contributed by atoms with van der Waals surface area (Å²) in [5, 5.41) is 6.38. The van der Waals surface area contributed by atoms with E-state index in [4.69, 9.17) is 0 Å². The van der Waals surface area contributed by atoms with E-state index in [0.29, 0.717) is 6.54 Å². The molecule has 3 rings (SSSR count). The molecule has 2 N–H and O–H groups in total. The van der Waals surface area contributed by atoms with E-state index in [0.717, 1.165) is 36.2 Å². The summed E-state index contributed by atoms with van der Waals surface area (Å²) in [5.74, 6) is 0.0246. The van der Waals surface area contributed by atoms with E-state index >= 15 is 0 Å². The van der Waals surface area contributed by atoms with Gasteiger partial charge in [-0.3, -0.25) is 4.79 Å². The molecule has 1 aromatic carbocycles. The van der Waals surface area contributed by atoms with Crippen LogP contribution in [0.2, 0.25) is 0 Å². The van der Waals surface area contributed by atoms with Gasteiger partial charge in [0.2, 0.25) is 0 Å². The third-order valence-electron chi connectivity index (χ3n) is 3.56. The van der Waals surface area contributed by atoms with E-state index in [-0.39, 0.29) is 5.91 Å². The zero-order chi connectivity index (χ0) is 13.9. The molecule has 4 heteroatoms. The molecular formula is C16H18N2OS. The second kappa shape index (κ2) is 5.67. The lowest BCUT2D eigenvalue weighted by atomic mass is 9.97. The van der Waals surface area contributed by atoms with Crippen molar-refractivity contribution >= 4 is 22.9 Å². The fourth-order valence-corrected chi connectivity index (χ4v) is 3.40. The van der Waals surface area contributed by atoms with Gasteiger partial charge in [0.05, 0.1) is 6.54 Å². The number of hydrogen-bond donors (Lipinski definition) is 2. The van der Waals surface area contributed by atoms with Crippen molar-refractivity contribution in [3.63, 3.8) is 0 Å². The first-order chi connectivity index (χ1) is 9.74. The Morgan fingerprint density at radius 3 is 3.05 bits per heavy atom. The number of amides is 1. The number of carbonyl (C=O) groups excluding carboxylic acids is 1. The van der Waals surface area contributed by atoms with Crippen LogP contribution in [-0.4, -0.2) is 12.5 Å². The molecule has 2 heterocycles. The molecule has 0 atom stereocenters. The van der Waals surface area contributed by atoms with E-state index in [1.54, 1.807) is 11.3 Å². The highest BCUT2D eigenvalue weighted by atomic mass is 32.1. The van der Waals surface area contributed by atoms with Crippen molar-refractivity contribution in [1.29, 1.82) is 0 Å². The van der Waals surface area contributed by atoms with Crippen molar-refractivity contribution in [2.45, 2.75) is 26.3 Å². The van der Waals surface area contributed by atoms with Gasteiger partial charge >= 0.3 is 0 Å². The van der Waals surface area contributed by atoms with Crippen LogP contribution in [0.15, 0.2) is 30.3 Å². The first-order valence-electron chi connectivity index (χ1n) is 6.93. The van der Waals surface area contributed by atoms with Crippen LogP contribution in [0.3, 0.4) is 0 Å². The highest BCUT2D eigenvalue weighted by Gasteiger charge is 2.17. The average Bonchev–Trinajstić information content (AvgIpc) is 2.90. The predicted molar refractivity (Wildman–Crippen MR) is 83.5 cm³/mol. The molecule has 0 spiro atoms. The van der Waals surface area contributed by atoms with Gasteiger partial charge in [-0.1, -0.05) is 6.07 Å². The Morgan fingerprint density at radius 1 is 1.35 bits per heavy atom. The second-order valence-corrected chi connectivity index (χ2v) is 6.43. The third kappa shape index (κ3) is 2.70. The summed E-state index contributed by atoms with van der Waals surface area (Å²) in [4.78, 5) is 14.8. The summed E-state index contributed by atoms with van der Waals surface area (Å²) in [6.45, 7) is 3.68. The van der Waals surface area contributed by atoms with E-state index in [1.807, 2.05) is 18.2 Å². The number of anilines is 1. The fourth-order valence-electron chi connectivity index (χ4n) is 2.57. The van der Waals surface area contributed by atoms with Crippen molar-refractivity contribution in [1.82, 2.24) is 5.32 Å². The molecule has 0 saturated heterocycles. The molecule has 104 valence electrons. The van der Waals surface area contributed by atoms with Gasteiger partial charge in [0.1, 0.15) is 0 Å². The minimum atomic E-state index is 0.0246. The number of carbonyl (C=O) groups is 1. The number of benzene rings is 1. The monoisotopic (exact) mass is 286 g/mol. The van der Waals surface area contributed by atoms with Crippen molar-refractivity contribution < 1.29 is 4.79 Å². The van der Waals surface area contributed by atoms with E-state index < -0.39 is 0 Å². The van der Waals surface area contributed by atoms with Gasteiger partial charge in [-0.15, -0.1) is 11.3 Å². The first-order valence-corrected chi connectivity index (χ1v) is 7.75. The normalized spacial score (nSPS) is 13.4. The molecule has 1 aliphatic rings. The molecule has 1 amide bonds. The quantitative estimate of drug-likeness (QED) is 0.908. The maximum Gasteiger partial charge on any atom is 0.251 e. The highest BCUT2D eigenvalue weighted by molar-refractivity contribution is 7.11. The number of aryl methyl sites for hydroxylation is 1. The van der Waals surface area contributed by atoms with Gasteiger partial charge < -0.3 is 10.6 Å². The van der Waals surface area contributed by atoms with Crippen LogP contribution in [-0.2, 0) is 13.0 Å². The van der Waals surface area contributed by atoms with Gasteiger partial charge in [0.25, 0.3) is 5.91 Å². The molecule has 1 aromatic heterocycles. The van der Waals surface area contributed by atoms with E-state index in [2.05, 4.69) is 29.7 Å². The molecular weight excluding hydrogens is 268 g/mol. The molecule has 20 heavy (non-hydrogen) atoms. The fraction of sp³-hybridized carbons (Fsp3) is 0.312. The number of rotatable bonds is 3. The summed E-state index contributed by atoms with van der Waals surface area (Å²) in [6, 6.07) is 10.1. The van der Waals surface area contributed by atoms with Crippen LogP contribution < -0.4 is 10.6 Å². The lowest BCUT2D eigenvalue weighted by molar-refractivity contribution is 0.0950. The number of nitrogens with one attached hydrogen (secondary N) is 2. The summed E-state index contributed by atoms with van der Waals surface area (Å²) >= 11 is 1.73. The third-order valence-corrected chi connectivity index (χ3v) is 4.56. The Kier molecular flexibility index (Phi) is 3.74. The van der Waals surface area contributed by atoms with Crippen molar-refractivity contribution in [3.8, 4) is 0 Å². The lowest BCUT2D eigenvalue weighted by Crippen LogP contribution is -2.25. The van der Waals surface area contributed by atoms with Crippen LogP contribution in [0.1, 0.15) is 32.1 Å². The van der Waals surface area contributed by atoms with Crippen molar-refractivity contribution in [2.75, 3.05) is 11.9 Å². The molecule has 0 saturated carbocycles. The molecule has 1 aliphatic heterocycles. The summed E-state index contributed by atoms with van der Waals surface area (Å²) < 4.78 is 0. The topological polar surface area (TPSA) is 41.1 Å². The van der Waals surface area contributed by atoms with Crippen LogP contribution >= 0.6 is 11.3 Å². The highest BCUT2D eigenvalue weighted by Crippen LogP contribution is 2.25. The molecule has 0 bridgehead atoms. The van der Waals surface area contributed by atoms with Crippen LogP contribution in [0.5, 0.6) is 0 Å². The molecule has 3 nitrogen and oxygen atoms in total. The SMILES string of the molecule is Cc1ccc(CNC(=O)c2cccc3c2CCCN3)s1. The maximum atomic E-state index is 12.4. The van der Waals surface area contributed by atoms with Crippen molar-refractivity contribution in [2.24, 2.45) is 0 Å². The molecule has 0 aliphatic carbocycles. The van der Waals surface area contributed by atoms with Gasteiger partial charge in [-0.2, -0.15) is 0 Å². The summed E-state index contributed by atoms with van der Waals surface area (Å²) in [7, 11) is 0. The van der Waals surface area contributed by atoms with Crippen molar-refractivity contribution in [3.05, 3.63) is 51.2 Å². The summed E-state index contributed by atoms with van der Waals surface area (Å²) in [6.07, 6.45) is 2.06. The first kappa shape index (κ1) is 13.2. The van der Waals surface area contributed by atoms with E-state index in [1.165, 1.54) is 9.75 Å². The summed E-state index contributed by atoms with van der Waals surface area (Å²) in [5.41, 5.74) is 3.07. The smallest absolute Gasteiger partial charge is 0.251 e. The second-order valence-electron chi connectivity index (χ2n) is 5.06. The lowest BCUT2D eigenvalue weighted by Gasteiger charge is -2.20. The Bertz CT molecular complexity index is 633. The van der Waals surface area contributed by atoms with Crippen LogP contribution in [0, 0.1) is 6.92 Å². The van der Waals surface area contributed by atoms with Gasteiger partial charge in [-0.25, -0.2) is 0 Å². The zero-order valence-corrected chi connectivity index (χ0v) is 12.3.